The van der Waals surface area contributed by atoms with E-state index >= 15 is 0 Å². The number of ether oxygens (including phenoxy) is 1. The normalized spacial score (nSPS) is 19.8. The Morgan fingerprint density at radius 3 is 2.28 bits per heavy atom. The van der Waals surface area contributed by atoms with Crippen LogP contribution < -0.4 is 10.1 Å². The lowest BCUT2D eigenvalue weighted by Crippen LogP contribution is -2.36. The molecule has 5 nitrogen and oxygen atoms in total. The number of rotatable bonds is 5. The van der Waals surface area contributed by atoms with Crippen LogP contribution >= 0.6 is 0 Å². The van der Waals surface area contributed by atoms with Gasteiger partial charge in [-0.1, -0.05) is 43.2 Å². The molecule has 0 saturated heterocycles. The fourth-order valence-corrected chi connectivity index (χ4v) is 3.24. The topological polar surface area (TPSA) is 75.6 Å². The van der Waals surface area contributed by atoms with E-state index in [1.165, 1.54) is 0 Å². The Balaban J connectivity index is 1.76. The lowest BCUT2D eigenvalue weighted by molar-refractivity contribution is -0.147. The zero-order valence-corrected chi connectivity index (χ0v) is 13.9. The number of carbonyl (C=O) groups is 2. The van der Waals surface area contributed by atoms with E-state index in [1.807, 2.05) is 42.5 Å². The largest absolute Gasteiger partial charge is 0.481 e. The van der Waals surface area contributed by atoms with E-state index < -0.39 is 17.8 Å². The molecule has 1 amide bonds. The van der Waals surface area contributed by atoms with Crippen molar-refractivity contribution in [3.05, 3.63) is 54.6 Å². The number of anilines is 1. The molecule has 2 aromatic rings. The monoisotopic (exact) mass is 339 g/mol. The standard InChI is InChI=1S/C20H21NO4/c22-19(15-10-4-5-11-16(15)20(23)24)21-17-12-6-7-13-18(17)25-14-8-2-1-3-9-14/h1-3,6-9,12-13,15-16H,4-5,10-11H2,(H,21,22)(H,23,24)/t15-,16+/m0/s1. The van der Waals surface area contributed by atoms with Gasteiger partial charge in [-0.05, 0) is 37.1 Å². The van der Waals surface area contributed by atoms with Crippen molar-refractivity contribution in [1.82, 2.24) is 0 Å². The van der Waals surface area contributed by atoms with E-state index in [1.54, 1.807) is 12.1 Å². The highest BCUT2D eigenvalue weighted by molar-refractivity contribution is 5.96. The third-order valence-electron chi connectivity index (χ3n) is 4.54. The molecule has 0 radical (unpaired) electrons. The smallest absolute Gasteiger partial charge is 0.307 e. The van der Waals surface area contributed by atoms with Crippen LogP contribution in [0.2, 0.25) is 0 Å². The summed E-state index contributed by atoms with van der Waals surface area (Å²) in [6.45, 7) is 0. The summed E-state index contributed by atoms with van der Waals surface area (Å²) in [7, 11) is 0. The summed E-state index contributed by atoms with van der Waals surface area (Å²) >= 11 is 0. The van der Waals surface area contributed by atoms with Crippen molar-refractivity contribution in [3.8, 4) is 11.5 Å². The second kappa shape index (κ2) is 7.83. The fourth-order valence-electron chi connectivity index (χ4n) is 3.24. The Hall–Kier alpha value is -2.82. The van der Waals surface area contributed by atoms with E-state index in [9.17, 15) is 14.7 Å². The van der Waals surface area contributed by atoms with Gasteiger partial charge in [0.25, 0.3) is 0 Å². The molecule has 25 heavy (non-hydrogen) atoms. The van der Waals surface area contributed by atoms with Crippen LogP contribution in [0.4, 0.5) is 5.69 Å². The average molecular weight is 339 g/mol. The van der Waals surface area contributed by atoms with Crippen molar-refractivity contribution in [1.29, 1.82) is 0 Å². The molecule has 1 fully saturated rings. The summed E-state index contributed by atoms with van der Waals surface area (Å²) in [5, 5.41) is 12.2. The van der Waals surface area contributed by atoms with Gasteiger partial charge in [0.2, 0.25) is 5.91 Å². The summed E-state index contributed by atoms with van der Waals surface area (Å²) in [4.78, 5) is 24.1. The van der Waals surface area contributed by atoms with Crippen molar-refractivity contribution in [2.45, 2.75) is 25.7 Å². The molecule has 0 spiro atoms. The van der Waals surface area contributed by atoms with Crippen LogP contribution in [0.15, 0.2) is 54.6 Å². The Morgan fingerprint density at radius 2 is 1.56 bits per heavy atom. The van der Waals surface area contributed by atoms with Gasteiger partial charge in [-0.3, -0.25) is 9.59 Å². The van der Waals surface area contributed by atoms with E-state index in [2.05, 4.69) is 5.32 Å². The van der Waals surface area contributed by atoms with Gasteiger partial charge < -0.3 is 15.2 Å². The van der Waals surface area contributed by atoms with Crippen molar-refractivity contribution < 1.29 is 19.4 Å². The molecule has 0 aromatic heterocycles. The number of carboxylic acids is 1. The molecule has 2 aromatic carbocycles. The van der Waals surface area contributed by atoms with Gasteiger partial charge >= 0.3 is 5.97 Å². The number of aliphatic carboxylic acids is 1. The minimum Gasteiger partial charge on any atom is -0.481 e. The first kappa shape index (κ1) is 17.0. The Labute approximate surface area is 146 Å². The van der Waals surface area contributed by atoms with E-state index in [0.29, 0.717) is 30.0 Å². The number of carbonyl (C=O) groups excluding carboxylic acids is 1. The van der Waals surface area contributed by atoms with E-state index in [-0.39, 0.29) is 5.91 Å². The quantitative estimate of drug-likeness (QED) is 0.851. The molecular weight excluding hydrogens is 318 g/mol. The van der Waals surface area contributed by atoms with Crippen LogP contribution in [-0.4, -0.2) is 17.0 Å². The Kier molecular flexibility index (Phi) is 5.33. The van der Waals surface area contributed by atoms with Crippen molar-refractivity contribution in [3.63, 3.8) is 0 Å². The summed E-state index contributed by atoms with van der Waals surface area (Å²) in [6.07, 6.45) is 2.89. The first-order valence-corrected chi connectivity index (χ1v) is 8.51. The van der Waals surface area contributed by atoms with Crippen molar-refractivity contribution >= 4 is 17.6 Å². The van der Waals surface area contributed by atoms with Crippen LogP contribution in [0.1, 0.15) is 25.7 Å². The molecular formula is C20H21NO4. The van der Waals surface area contributed by atoms with E-state index in [0.717, 1.165) is 12.8 Å². The molecule has 0 aliphatic heterocycles. The Morgan fingerprint density at radius 1 is 0.920 bits per heavy atom. The molecule has 3 rings (SSSR count). The van der Waals surface area contributed by atoms with Gasteiger partial charge in [-0.15, -0.1) is 0 Å². The Bertz CT molecular complexity index is 744. The summed E-state index contributed by atoms with van der Waals surface area (Å²) in [6, 6.07) is 16.5. The maximum Gasteiger partial charge on any atom is 0.307 e. The molecule has 130 valence electrons. The number of amides is 1. The second-order valence-electron chi connectivity index (χ2n) is 6.24. The van der Waals surface area contributed by atoms with Gasteiger partial charge in [-0.2, -0.15) is 0 Å². The lowest BCUT2D eigenvalue weighted by atomic mass is 9.78. The number of hydrogen-bond acceptors (Lipinski definition) is 3. The maximum absolute atomic E-state index is 12.7. The molecule has 5 heteroatoms. The highest BCUT2D eigenvalue weighted by Crippen LogP contribution is 2.33. The minimum absolute atomic E-state index is 0.254. The summed E-state index contributed by atoms with van der Waals surface area (Å²) in [5.41, 5.74) is 0.547. The average Bonchev–Trinajstić information content (AvgIpc) is 2.64. The van der Waals surface area contributed by atoms with Crippen LogP contribution in [0.5, 0.6) is 11.5 Å². The summed E-state index contributed by atoms with van der Waals surface area (Å²) in [5.74, 6) is -1.06. The highest BCUT2D eigenvalue weighted by Gasteiger charge is 2.35. The third-order valence-corrected chi connectivity index (χ3v) is 4.54. The molecule has 1 aliphatic rings. The molecule has 0 unspecified atom stereocenters. The second-order valence-corrected chi connectivity index (χ2v) is 6.24. The number of para-hydroxylation sites is 3. The van der Waals surface area contributed by atoms with Gasteiger partial charge in [0.05, 0.1) is 17.5 Å². The SMILES string of the molecule is O=C(Nc1ccccc1Oc1ccccc1)[C@H]1CCCC[C@H]1C(=O)O. The van der Waals surface area contributed by atoms with Crippen LogP contribution in [-0.2, 0) is 9.59 Å². The number of hydrogen-bond donors (Lipinski definition) is 2. The van der Waals surface area contributed by atoms with Crippen LogP contribution in [0, 0.1) is 11.8 Å². The predicted octanol–water partition coefficient (Wildman–Crippen LogP) is 4.31. The van der Waals surface area contributed by atoms with Crippen LogP contribution in [0.25, 0.3) is 0 Å². The van der Waals surface area contributed by atoms with Gasteiger partial charge in [-0.25, -0.2) is 0 Å². The molecule has 0 bridgehead atoms. The zero-order chi connectivity index (χ0) is 17.6. The first-order valence-electron chi connectivity index (χ1n) is 8.51. The molecule has 2 N–H and O–H groups in total. The minimum atomic E-state index is -0.895. The van der Waals surface area contributed by atoms with Crippen molar-refractivity contribution in [2.75, 3.05) is 5.32 Å². The fraction of sp³-hybridized carbons (Fsp3) is 0.300. The van der Waals surface area contributed by atoms with Gasteiger partial charge in [0.15, 0.2) is 5.75 Å². The van der Waals surface area contributed by atoms with Gasteiger partial charge in [0.1, 0.15) is 5.75 Å². The molecule has 2 atom stereocenters. The zero-order valence-electron chi connectivity index (χ0n) is 13.9. The van der Waals surface area contributed by atoms with E-state index in [4.69, 9.17) is 4.74 Å². The molecule has 1 saturated carbocycles. The summed E-state index contributed by atoms with van der Waals surface area (Å²) < 4.78 is 5.84. The third kappa shape index (κ3) is 4.18. The molecule has 1 aliphatic carbocycles. The first-order chi connectivity index (χ1) is 12.1. The number of carboxylic acid groups (broad SMARTS) is 1. The van der Waals surface area contributed by atoms with Crippen LogP contribution in [0.3, 0.4) is 0 Å². The lowest BCUT2D eigenvalue weighted by Gasteiger charge is -2.27. The predicted molar refractivity (Wildman–Crippen MR) is 94.7 cm³/mol. The van der Waals surface area contributed by atoms with Gasteiger partial charge in [0, 0.05) is 0 Å². The number of benzene rings is 2. The van der Waals surface area contributed by atoms with Crippen molar-refractivity contribution in [2.24, 2.45) is 11.8 Å². The molecule has 0 heterocycles. The maximum atomic E-state index is 12.7. The number of nitrogens with one attached hydrogen (secondary N) is 1. The highest BCUT2D eigenvalue weighted by atomic mass is 16.5.